The second-order valence-corrected chi connectivity index (χ2v) is 7.91. The highest BCUT2D eigenvalue weighted by Gasteiger charge is 2.34. The lowest BCUT2D eigenvalue weighted by Gasteiger charge is -2.36. The highest BCUT2D eigenvalue weighted by atomic mass is 16.2. The van der Waals surface area contributed by atoms with E-state index in [0.29, 0.717) is 17.7 Å². The minimum Gasteiger partial charge on any atom is -0.342 e. The minimum atomic E-state index is 0.146. The molecule has 2 amide bonds. The van der Waals surface area contributed by atoms with Crippen LogP contribution in [0.15, 0.2) is 0 Å². The van der Waals surface area contributed by atoms with Gasteiger partial charge in [-0.15, -0.1) is 0 Å². The number of rotatable bonds is 6. The van der Waals surface area contributed by atoms with Crippen LogP contribution in [0.4, 0.5) is 0 Å². The Morgan fingerprint density at radius 1 is 0.958 bits per heavy atom. The molecule has 0 aromatic rings. The first-order valence-electron chi connectivity index (χ1n) is 10.1. The van der Waals surface area contributed by atoms with Crippen LogP contribution in [-0.4, -0.2) is 47.8 Å². The molecule has 1 saturated heterocycles. The highest BCUT2D eigenvalue weighted by molar-refractivity contribution is 5.81. The summed E-state index contributed by atoms with van der Waals surface area (Å²) in [6.45, 7) is 10.1. The van der Waals surface area contributed by atoms with E-state index in [1.54, 1.807) is 0 Å². The Kier molecular flexibility index (Phi) is 7.57. The van der Waals surface area contributed by atoms with Gasteiger partial charge in [0.1, 0.15) is 0 Å². The topological polar surface area (TPSA) is 40.6 Å². The molecule has 0 aromatic carbocycles. The first-order chi connectivity index (χ1) is 11.6. The van der Waals surface area contributed by atoms with Crippen molar-refractivity contribution in [2.45, 2.75) is 72.1 Å². The normalized spacial score (nSPS) is 27.8. The molecule has 2 aliphatic rings. The maximum Gasteiger partial charge on any atom is 0.225 e. The molecule has 1 aliphatic heterocycles. The van der Waals surface area contributed by atoms with Crippen LogP contribution in [0.3, 0.4) is 0 Å². The zero-order valence-electron chi connectivity index (χ0n) is 15.9. The number of carbonyl (C=O) groups is 2. The Balaban J connectivity index is 1.83. The third-order valence-corrected chi connectivity index (χ3v) is 5.69. The summed E-state index contributed by atoms with van der Waals surface area (Å²) in [6, 6.07) is 0. The van der Waals surface area contributed by atoms with E-state index in [1.807, 2.05) is 4.90 Å². The van der Waals surface area contributed by atoms with Crippen molar-refractivity contribution >= 4 is 11.8 Å². The largest absolute Gasteiger partial charge is 0.342 e. The van der Waals surface area contributed by atoms with E-state index in [9.17, 15) is 9.59 Å². The van der Waals surface area contributed by atoms with E-state index in [0.717, 1.165) is 71.1 Å². The molecule has 138 valence electrons. The SMILES string of the molecule is CCCN(CCC)C(=O)C1CCC(C(=O)N2CCCC(C)C2)CC1. The summed E-state index contributed by atoms with van der Waals surface area (Å²) in [7, 11) is 0. The highest BCUT2D eigenvalue weighted by Crippen LogP contribution is 2.32. The van der Waals surface area contributed by atoms with Gasteiger partial charge >= 0.3 is 0 Å². The van der Waals surface area contributed by atoms with E-state index in [4.69, 9.17) is 0 Å². The smallest absolute Gasteiger partial charge is 0.225 e. The lowest BCUT2D eigenvalue weighted by Crippen LogP contribution is -2.44. The summed E-state index contributed by atoms with van der Waals surface area (Å²) in [5, 5.41) is 0. The van der Waals surface area contributed by atoms with Crippen LogP contribution >= 0.6 is 0 Å². The zero-order chi connectivity index (χ0) is 17.5. The standard InChI is InChI=1S/C20H36N2O2/c1-4-12-21(13-5-2)19(23)17-8-10-18(11-9-17)20(24)22-14-6-7-16(3)15-22/h16-18H,4-15H2,1-3H3. The number of nitrogens with zero attached hydrogens (tertiary/aromatic N) is 2. The average Bonchev–Trinajstić information content (AvgIpc) is 2.60. The molecule has 0 radical (unpaired) electrons. The molecule has 0 N–H and O–H groups in total. The number of likely N-dealkylation sites (tertiary alicyclic amines) is 1. The van der Waals surface area contributed by atoms with Crippen LogP contribution in [0.1, 0.15) is 72.1 Å². The quantitative estimate of drug-likeness (QED) is 0.742. The maximum absolute atomic E-state index is 12.7. The first kappa shape index (κ1) is 19.3. The molecule has 0 spiro atoms. The minimum absolute atomic E-state index is 0.146. The predicted octanol–water partition coefficient (Wildman–Crippen LogP) is 3.70. The molecular formula is C20H36N2O2. The monoisotopic (exact) mass is 336 g/mol. The second kappa shape index (κ2) is 9.43. The first-order valence-corrected chi connectivity index (χ1v) is 10.1. The van der Waals surface area contributed by atoms with Gasteiger partial charge in [0.05, 0.1) is 0 Å². The van der Waals surface area contributed by atoms with E-state index in [1.165, 1.54) is 6.42 Å². The zero-order valence-corrected chi connectivity index (χ0v) is 15.9. The molecule has 0 aromatic heterocycles. The number of amides is 2. The van der Waals surface area contributed by atoms with Gasteiger partial charge in [-0.1, -0.05) is 20.8 Å². The van der Waals surface area contributed by atoms with E-state index < -0.39 is 0 Å². The Bertz CT molecular complexity index is 385. The van der Waals surface area contributed by atoms with Crippen LogP contribution in [0, 0.1) is 17.8 Å². The van der Waals surface area contributed by atoms with Crippen molar-refractivity contribution in [3.8, 4) is 0 Å². The fraction of sp³-hybridized carbons (Fsp3) is 0.900. The summed E-state index contributed by atoms with van der Waals surface area (Å²) in [5.74, 6) is 1.62. The van der Waals surface area contributed by atoms with Gasteiger partial charge in [0.25, 0.3) is 0 Å². The molecule has 4 nitrogen and oxygen atoms in total. The van der Waals surface area contributed by atoms with Gasteiger partial charge in [-0.25, -0.2) is 0 Å². The molecule has 24 heavy (non-hydrogen) atoms. The van der Waals surface area contributed by atoms with Crippen molar-refractivity contribution in [2.75, 3.05) is 26.2 Å². The van der Waals surface area contributed by atoms with Gasteiger partial charge in [-0.3, -0.25) is 9.59 Å². The van der Waals surface area contributed by atoms with Crippen molar-refractivity contribution in [2.24, 2.45) is 17.8 Å². The fourth-order valence-electron chi connectivity index (χ4n) is 4.37. The van der Waals surface area contributed by atoms with Gasteiger partial charge in [0.15, 0.2) is 0 Å². The van der Waals surface area contributed by atoms with Crippen molar-refractivity contribution in [3.05, 3.63) is 0 Å². The predicted molar refractivity (Wildman–Crippen MR) is 97.6 cm³/mol. The lowest BCUT2D eigenvalue weighted by atomic mass is 9.80. The Hall–Kier alpha value is -1.06. The third kappa shape index (κ3) is 4.97. The lowest BCUT2D eigenvalue weighted by molar-refractivity contribution is -0.142. The van der Waals surface area contributed by atoms with E-state index >= 15 is 0 Å². The molecular weight excluding hydrogens is 300 g/mol. The van der Waals surface area contributed by atoms with Crippen molar-refractivity contribution in [3.63, 3.8) is 0 Å². The summed E-state index contributed by atoms with van der Waals surface area (Å²) in [4.78, 5) is 29.6. The van der Waals surface area contributed by atoms with Crippen molar-refractivity contribution < 1.29 is 9.59 Å². The van der Waals surface area contributed by atoms with Crippen LogP contribution in [0.5, 0.6) is 0 Å². The third-order valence-electron chi connectivity index (χ3n) is 5.69. The molecule has 0 bridgehead atoms. The molecule has 2 fully saturated rings. The summed E-state index contributed by atoms with van der Waals surface area (Å²) >= 11 is 0. The fourth-order valence-corrected chi connectivity index (χ4v) is 4.37. The Morgan fingerprint density at radius 2 is 1.54 bits per heavy atom. The number of piperidine rings is 1. The molecule has 2 rings (SSSR count). The van der Waals surface area contributed by atoms with Gasteiger partial charge in [-0.05, 0) is 57.3 Å². The molecule has 1 saturated carbocycles. The van der Waals surface area contributed by atoms with Crippen LogP contribution in [0.25, 0.3) is 0 Å². The number of carbonyl (C=O) groups excluding carboxylic acids is 2. The summed E-state index contributed by atoms with van der Waals surface area (Å²) < 4.78 is 0. The Labute approximate surface area is 148 Å². The van der Waals surface area contributed by atoms with Crippen LogP contribution in [-0.2, 0) is 9.59 Å². The van der Waals surface area contributed by atoms with Gasteiger partial charge in [0.2, 0.25) is 11.8 Å². The Morgan fingerprint density at radius 3 is 2.08 bits per heavy atom. The summed E-state index contributed by atoms with van der Waals surface area (Å²) in [6.07, 6.45) is 8.00. The van der Waals surface area contributed by atoms with Crippen LogP contribution in [0.2, 0.25) is 0 Å². The number of hydrogen-bond acceptors (Lipinski definition) is 2. The maximum atomic E-state index is 12.7. The van der Waals surface area contributed by atoms with E-state index in [-0.39, 0.29) is 11.8 Å². The summed E-state index contributed by atoms with van der Waals surface area (Å²) in [5.41, 5.74) is 0. The van der Waals surface area contributed by atoms with Gasteiger partial charge < -0.3 is 9.80 Å². The average molecular weight is 337 g/mol. The van der Waals surface area contributed by atoms with Crippen LogP contribution < -0.4 is 0 Å². The van der Waals surface area contributed by atoms with E-state index in [2.05, 4.69) is 25.7 Å². The molecule has 1 heterocycles. The van der Waals surface area contributed by atoms with Crippen molar-refractivity contribution in [1.82, 2.24) is 9.80 Å². The number of hydrogen-bond donors (Lipinski definition) is 0. The molecule has 4 heteroatoms. The van der Waals surface area contributed by atoms with Gasteiger partial charge in [-0.2, -0.15) is 0 Å². The molecule has 1 unspecified atom stereocenters. The molecule has 1 aliphatic carbocycles. The second-order valence-electron chi connectivity index (χ2n) is 7.91. The molecule has 1 atom stereocenters. The van der Waals surface area contributed by atoms with Gasteiger partial charge in [0, 0.05) is 38.0 Å². The van der Waals surface area contributed by atoms with Crippen molar-refractivity contribution in [1.29, 1.82) is 0 Å².